The van der Waals surface area contributed by atoms with E-state index in [-0.39, 0.29) is 27.6 Å². The van der Waals surface area contributed by atoms with E-state index in [2.05, 4.69) is 10.0 Å². The zero-order chi connectivity index (χ0) is 25.4. The van der Waals surface area contributed by atoms with Crippen molar-refractivity contribution in [1.29, 1.82) is 0 Å². The third kappa shape index (κ3) is 6.82. The number of carbonyl (C=O) groups excluding carboxylic acids is 2. The smallest absolute Gasteiger partial charge is 0.339 e. The lowest BCUT2D eigenvalue weighted by molar-refractivity contribution is -0.117. The van der Waals surface area contributed by atoms with Crippen molar-refractivity contribution in [2.75, 3.05) is 19.0 Å². The fourth-order valence-electron chi connectivity index (χ4n) is 3.31. The molecule has 8 nitrogen and oxygen atoms in total. The number of anilines is 1. The highest BCUT2D eigenvalue weighted by Crippen LogP contribution is 2.27. The van der Waals surface area contributed by atoms with Gasteiger partial charge in [-0.2, -0.15) is 4.72 Å². The van der Waals surface area contributed by atoms with Crippen molar-refractivity contribution < 1.29 is 27.5 Å². The van der Waals surface area contributed by atoms with Crippen molar-refractivity contribution in [2.45, 2.75) is 24.3 Å². The highest BCUT2D eigenvalue weighted by molar-refractivity contribution is 7.89. The summed E-state index contributed by atoms with van der Waals surface area (Å²) in [5, 5.41) is 2.77. The van der Waals surface area contributed by atoms with Crippen LogP contribution in [0.3, 0.4) is 0 Å². The van der Waals surface area contributed by atoms with Gasteiger partial charge in [-0.1, -0.05) is 54.1 Å². The molecule has 0 aromatic heterocycles. The van der Waals surface area contributed by atoms with Gasteiger partial charge in [-0.3, -0.25) is 4.79 Å². The number of halogens is 1. The van der Waals surface area contributed by atoms with Gasteiger partial charge in [0.25, 0.3) is 0 Å². The summed E-state index contributed by atoms with van der Waals surface area (Å²) in [6.07, 6.45) is 0.0665. The van der Waals surface area contributed by atoms with Gasteiger partial charge in [0.1, 0.15) is 11.8 Å². The third-order valence-electron chi connectivity index (χ3n) is 5.00. The second-order valence-corrected chi connectivity index (χ2v) is 9.54. The van der Waals surface area contributed by atoms with Crippen molar-refractivity contribution in [2.24, 2.45) is 0 Å². The van der Waals surface area contributed by atoms with E-state index in [4.69, 9.17) is 21.1 Å². The number of rotatable bonds is 10. The van der Waals surface area contributed by atoms with Crippen LogP contribution in [0.2, 0.25) is 5.02 Å². The van der Waals surface area contributed by atoms with E-state index in [0.717, 1.165) is 5.56 Å². The number of esters is 1. The molecule has 3 aromatic carbocycles. The molecule has 3 aromatic rings. The first-order valence-corrected chi connectivity index (χ1v) is 12.6. The number of benzene rings is 3. The first-order valence-electron chi connectivity index (χ1n) is 10.7. The van der Waals surface area contributed by atoms with Gasteiger partial charge in [0.15, 0.2) is 0 Å². The monoisotopic (exact) mass is 516 g/mol. The Labute approximate surface area is 209 Å². The van der Waals surface area contributed by atoms with Crippen molar-refractivity contribution >= 4 is 39.2 Å². The molecule has 3 rings (SSSR count). The van der Waals surface area contributed by atoms with E-state index in [0.29, 0.717) is 12.4 Å². The number of para-hydroxylation sites is 1. The Morgan fingerprint density at radius 1 is 1.00 bits per heavy atom. The molecule has 2 N–H and O–H groups in total. The van der Waals surface area contributed by atoms with Crippen LogP contribution in [0.25, 0.3) is 0 Å². The number of nitrogens with one attached hydrogen (secondary N) is 2. The number of hydrogen-bond donors (Lipinski definition) is 2. The number of sulfonamides is 1. The quantitative estimate of drug-likeness (QED) is 0.393. The molecule has 0 saturated heterocycles. The van der Waals surface area contributed by atoms with Crippen molar-refractivity contribution in [3.63, 3.8) is 0 Å². The van der Waals surface area contributed by atoms with Gasteiger partial charge in [0.2, 0.25) is 15.9 Å². The Hall–Kier alpha value is -3.40. The Morgan fingerprint density at radius 2 is 1.69 bits per heavy atom. The number of carbonyl (C=O) groups is 2. The summed E-state index contributed by atoms with van der Waals surface area (Å²) in [5.41, 5.74) is 1.08. The normalized spacial score (nSPS) is 12.0. The summed E-state index contributed by atoms with van der Waals surface area (Å²) in [4.78, 5) is 25.2. The van der Waals surface area contributed by atoms with E-state index < -0.39 is 27.9 Å². The highest BCUT2D eigenvalue weighted by Gasteiger charge is 2.28. The molecular weight excluding hydrogens is 492 g/mol. The maximum atomic E-state index is 13.3. The molecule has 0 fully saturated rings. The van der Waals surface area contributed by atoms with Crippen LogP contribution in [0.1, 0.15) is 22.8 Å². The Morgan fingerprint density at radius 3 is 2.34 bits per heavy atom. The maximum Gasteiger partial charge on any atom is 0.339 e. The first-order chi connectivity index (χ1) is 16.7. The molecule has 0 radical (unpaired) electrons. The molecule has 0 spiro atoms. The molecule has 1 atom stereocenters. The van der Waals surface area contributed by atoms with E-state index in [1.807, 2.05) is 6.07 Å². The Balaban J connectivity index is 1.91. The molecule has 0 bridgehead atoms. The third-order valence-corrected chi connectivity index (χ3v) is 6.77. The Kier molecular flexibility index (Phi) is 8.86. The number of hydrogen-bond acceptors (Lipinski definition) is 6. The van der Waals surface area contributed by atoms with Crippen LogP contribution in [0.15, 0.2) is 77.7 Å². The lowest BCUT2D eigenvalue weighted by Gasteiger charge is -2.20. The van der Waals surface area contributed by atoms with Gasteiger partial charge < -0.3 is 14.8 Å². The lowest BCUT2D eigenvalue weighted by Crippen LogP contribution is -2.45. The molecule has 35 heavy (non-hydrogen) atoms. The second kappa shape index (κ2) is 11.8. The molecule has 1 amide bonds. The van der Waals surface area contributed by atoms with Crippen molar-refractivity contribution in [3.8, 4) is 5.75 Å². The molecule has 0 aliphatic carbocycles. The predicted octanol–water partition coefficient (Wildman–Crippen LogP) is 4.05. The van der Waals surface area contributed by atoms with E-state index in [1.54, 1.807) is 43.3 Å². The standard InChI is InChI=1S/C25H25ClN2O6S/c1-3-34-23-14-13-18(16-20(23)26)35(31,32)28-22(15-17-9-5-4-6-10-17)24(29)27-21-12-8-7-11-19(21)25(30)33-2/h4-14,16,22,28H,3,15H2,1-2H3,(H,27,29). The van der Waals surface area contributed by atoms with Crippen molar-refractivity contribution in [3.05, 3.63) is 88.9 Å². The number of ether oxygens (including phenoxy) is 2. The van der Waals surface area contributed by atoms with Crippen LogP contribution in [0, 0.1) is 0 Å². The molecule has 10 heteroatoms. The molecule has 0 heterocycles. The minimum atomic E-state index is -4.14. The molecule has 0 aliphatic heterocycles. The van der Waals surface area contributed by atoms with Crippen molar-refractivity contribution in [1.82, 2.24) is 4.72 Å². The van der Waals surface area contributed by atoms with Crippen LogP contribution in [-0.4, -0.2) is 40.1 Å². The van der Waals surface area contributed by atoms with E-state index in [1.165, 1.54) is 37.4 Å². The zero-order valence-corrected chi connectivity index (χ0v) is 20.7. The summed E-state index contributed by atoms with van der Waals surface area (Å²) >= 11 is 6.17. The van der Waals surface area contributed by atoms with Gasteiger partial charge in [0, 0.05) is 0 Å². The average molecular weight is 517 g/mol. The first kappa shape index (κ1) is 26.2. The number of amides is 1. The van der Waals surface area contributed by atoms with Gasteiger partial charge in [-0.15, -0.1) is 0 Å². The van der Waals surface area contributed by atoms with E-state index in [9.17, 15) is 18.0 Å². The fraction of sp³-hybridized carbons (Fsp3) is 0.200. The summed E-state index contributed by atoms with van der Waals surface area (Å²) in [7, 11) is -2.91. The van der Waals surface area contributed by atoms with Gasteiger partial charge in [-0.05, 0) is 49.2 Å². The average Bonchev–Trinajstić information content (AvgIpc) is 2.85. The molecule has 0 saturated carbocycles. The topological polar surface area (TPSA) is 111 Å². The van der Waals surface area contributed by atoms with Crippen LogP contribution in [0.5, 0.6) is 5.75 Å². The minimum Gasteiger partial charge on any atom is -0.492 e. The van der Waals surface area contributed by atoms with Gasteiger partial charge in [-0.25, -0.2) is 13.2 Å². The van der Waals surface area contributed by atoms with E-state index >= 15 is 0 Å². The maximum absolute atomic E-state index is 13.3. The largest absolute Gasteiger partial charge is 0.492 e. The molecule has 1 unspecified atom stereocenters. The SMILES string of the molecule is CCOc1ccc(S(=O)(=O)NC(Cc2ccccc2)C(=O)Nc2ccccc2C(=O)OC)cc1Cl. The predicted molar refractivity (Wildman–Crippen MR) is 133 cm³/mol. The summed E-state index contributed by atoms with van der Waals surface area (Å²) in [6, 6.07) is 18.1. The van der Waals surface area contributed by atoms with Gasteiger partial charge in [0.05, 0.1) is 34.9 Å². The van der Waals surface area contributed by atoms with Crippen LogP contribution < -0.4 is 14.8 Å². The van der Waals surface area contributed by atoms with Crippen LogP contribution >= 0.6 is 11.6 Å². The summed E-state index contributed by atoms with van der Waals surface area (Å²) in [6.45, 7) is 2.16. The fourth-order valence-corrected chi connectivity index (χ4v) is 4.84. The molecular formula is C25H25ClN2O6S. The van der Waals surface area contributed by atoms with Gasteiger partial charge >= 0.3 is 5.97 Å². The Bertz CT molecular complexity index is 1300. The number of methoxy groups -OCH3 is 1. The second-order valence-electron chi connectivity index (χ2n) is 7.42. The zero-order valence-electron chi connectivity index (χ0n) is 19.2. The molecule has 0 aliphatic rings. The van der Waals surface area contributed by atoms with Crippen LogP contribution in [0.4, 0.5) is 5.69 Å². The summed E-state index contributed by atoms with van der Waals surface area (Å²) < 4.78 is 38.9. The lowest BCUT2D eigenvalue weighted by atomic mass is 10.1. The minimum absolute atomic E-state index is 0.0665. The highest BCUT2D eigenvalue weighted by atomic mass is 35.5. The van der Waals surface area contributed by atoms with Crippen LogP contribution in [-0.2, 0) is 26.0 Å². The summed E-state index contributed by atoms with van der Waals surface area (Å²) in [5.74, 6) is -0.929. The molecule has 184 valence electrons.